The average molecular weight is 338 g/mol. The first-order chi connectivity index (χ1) is 11.4. The molecule has 0 bridgehead atoms. The number of rotatable bonds is 3. The van der Waals surface area contributed by atoms with Crippen molar-refractivity contribution in [1.82, 2.24) is 0 Å². The number of carbonyl (C=O) groups is 1. The maximum absolute atomic E-state index is 11.0. The lowest BCUT2D eigenvalue weighted by atomic mass is 9.81. The quantitative estimate of drug-likeness (QED) is 0.727. The van der Waals surface area contributed by atoms with Gasteiger partial charge in [0, 0.05) is 4.90 Å². The van der Waals surface area contributed by atoms with Gasteiger partial charge in [-0.15, -0.1) is 11.8 Å². The van der Waals surface area contributed by atoms with Crippen molar-refractivity contribution in [1.29, 1.82) is 0 Å². The summed E-state index contributed by atoms with van der Waals surface area (Å²) in [7, 11) is 0. The summed E-state index contributed by atoms with van der Waals surface area (Å²) in [6.45, 7) is 6.70. The van der Waals surface area contributed by atoms with Gasteiger partial charge in [-0.05, 0) is 65.0 Å². The van der Waals surface area contributed by atoms with Crippen LogP contribution in [0.25, 0.3) is 11.6 Å². The van der Waals surface area contributed by atoms with Crippen molar-refractivity contribution in [3.8, 4) is 0 Å². The molecule has 3 heteroatoms. The van der Waals surface area contributed by atoms with Gasteiger partial charge in [-0.1, -0.05) is 44.2 Å². The van der Waals surface area contributed by atoms with Crippen LogP contribution in [0.5, 0.6) is 0 Å². The molecular formula is C21H22O2S. The van der Waals surface area contributed by atoms with Gasteiger partial charge in [0.2, 0.25) is 0 Å². The van der Waals surface area contributed by atoms with Crippen molar-refractivity contribution in [2.45, 2.75) is 37.5 Å². The van der Waals surface area contributed by atoms with Crippen LogP contribution in [0.15, 0.2) is 47.4 Å². The van der Waals surface area contributed by atoms with Crippen LogP contribution in [-0.2, 0) is 5.41 Å². The highest BCUT2D eigenvalue weighted by Gasteiger charge is 2.27. The highest BCUT2D eigenvalue weighted by Crippen LogP contribution is 2.42. The van der Waals surface area contributed by atoms with Crippen molar-refractivity contribution >= 4 is 29.4 Å². The molecule has 24 heavy (non-hydrogen) atoms. The van der Waals surface area contributed by atoms with Crippen LogP contribution in [-0.4, -0.2) is 16.8 Å². The van der Waals surface area contributed by atoms with E-state index in [1.54, 1.807) is 12.1 Å². The standard InChI is InChI=1S/C21H22O2S/c1-14(16-5-7-17(8-6-16)20(22)23)12-15-4-9-19-18(13-15)21(2,3)10-11-24-19/h4-9,12-13H,10-11H2,1-3H3,(H,22,23)/b14-12-. The molecule has 2 aromatic carbocycles. The van der Waals surface area contributed by atoms with E-state index in [4.69, 9.17) is 5.11 Å². The van der Waals surface area contributed by atoms with Crippen molar-refractivity contribution in [2.75, 3.05) is 5.75 Å². The molecule has 0 atom stereocenters. The number of allylic oxidation sites excluding steroid dienone is 1. The number of carboxylic acid groups (broad SMARTS) is 1. The van der Waals surface area contributed by atoms with Gasteiger partial charge in [-0.3, -0.25) is 0 Å². The van der Waals surface area contributed by atoms with E-state index in [-0.39, 0.29) is 5.41 Å². The summed E-state index contributed by atoms with van der Waals surface area (Å²) < 4.78 is 0. The van der Waals surface area contributed by atoms with E-state index in [9.17, 15) is 4.79 Å². The predicted molar refractivity (Wildman–Crippen MR) is 102 cm³/mol. The SMILES string of the molecule is C/C(=C/c1ccc2c(c1)C(C)(C)CCS2)c1ccc(C(=O)O)cc1. The Labute approximate surface area is 147 Å². The molecule has 1 heterocycles. The van der Waals surface area contributed by atoms with Gasteiger partial charge in [-0.25, -0.2) is 4.79 Å². The summed E-state index contributed by atoms with van der Waals surface area (Å²) in [4.78, 5) is 12.3. The Kier molecular flexibility index (Phi) is 4.55. The van der Waals surface area contributed by atoms with E-state index in [0.717, 1.165) is 11.1 Å². The summed E-state index contributed by atoms with van der Waals surface area (Å²) in [5, 5.41) is 8.99. The van der Waals surface area contributed by atoms with Crippen molar-refractivity contribution in [3.05, 3.63) is 64.7 Å². The summed E-state index contributed by atoms with van der Waals surface area (Å²) in [5.41, 5.74) is 5.35. The Morgan fingerprint density at radius 2 is 1.79 bits per heavy atom. The highest BCUT2D eigenvalue weighted by molar-refractivity contribution is 7.99. The minimum absolute atomic E-state index is 0.224. The Morgan fingerprint density at radius 1 is 1.12 bits per heavy atom. The van der Waals surface area contributed by atoms with Gasteiger partial charge < -0.3 is 5.11 Å². The molecule has 0 saturated carbocycles. The van der Waals surface area contributed by atoms with Crippen LogP contribution < -0.4 is 0 Å². The largest absolute Gasteiger partial charge is 0.478 e. The molecular weight excluding hydrogens is 316 g/mol. The smallest absolute Gasteiger partial charge is 0.335 e. The van der Waals surface area contributed by atoms with Crippen LogP contribution in [0.3, 0.4) is 0 Å². The fraction of sp³-hybridized carbons (Fsp3) is 0.286. The third-order valence-corrected chi connectivity index (χ3v) is 5.76. The first-order valence-corrected chi connectivity index (χ1v) is 9.15. The van der Waals surface area contributed by atoms with E-state index in [0.29, 0.717) is 5.56 Å². The highest BCUT2D eigenvalue weighted by atomic mass is 32.2. The fourth-order valence-electron chi connectivity index (χ4n) is 3.05. The molecule has 1 aliphatic rings. The van der Waals surface area contributed by atoms with E-state index < -0.39 is 5.97 Å². The molecule has 0 spiro atoms. The van der Waals surface area contributed by atoms with Gasteiger partial charge in [0.25, 0.3) is 0 Å². The summed E-state index contributed by atoms with van der Waals surface area (Å²) in [5.74, 6) is 0.294. The first kappa shape index (κ1) is 16.8. The lowest BCUT2D eigenvalue weighted by Crippen LogP contribution is -2.22. The summed E-state index contributed by atoms with van der Waals surface area (Å²) in [6.07, 6.45) is 3.37. The lowest BCUT2D eigenvalue weighted by molar-refractivity contribution is 0.0697. The number of fused-ring (bicyclic) bond motifs is 1. The van der Waals surface area contributed by atoms with Crippen LogP contribution in [0.1, 0.15) is 54.2 Å². The summed E-state index contributed by atoms with van der Waals surface area (Å²) >= 11 is 1.94. The van der Waals surface area contributed by atoms with E-state index in [1.807, 2.05) is 23.9 Å². The minimum Gasteiger partial charge on any atom is -0.478 e. The first-order valence-electron chi connectivity index (χ1n) is 8.16. The third kappa shape index (κ3) is 3.41. The van der Waals surface area contributed by atoms with Gasteiger partial charge in [-0.2, -0.15) is 0 Å². The van der Waals surface area contributed by atoms with Gasteiger partial charge in [0.05, 0.1) is 5.56 Å². The van der Waals surface area contributed by atoms with Crippen LogP contribution >= 0.6 is 11.8 Å². The Balaban J connectivity index is 1.92. The Bertz CT molecular complexity index is 801. The maximum Gasteiger partial charge on any atom is 0.335 e. The molecule has 0 fully saturated rings. The molecule has 1 aliphatic heterocycles. The molecule has 0 unspecified atom stereocenters. The molecule has 0 aromatic heterocycles. The second-order valence-electron chi connectivity index (χ2n) is 6.95. The second-order valence-corrected chi connectivity index (χ2v) is 8.08. The average Bonchev–Trinajstić information content (AvgIpc) is 2.55. The van der Waals surface area contributed by atoms with Crippen LogP contribution in [0.2, 0.25) is 0 Å². The molecule has 1 N–H and O–H groups in total. The summed E-state index contributed by atoms with van der Waals surface area (Å²) in [6, 6.07) is 13.7. The number of benzene rings is 2. The molecule has 3 rings (SSSR count). The normalized spacial score (nSPS) is 16.5. The predicted octanol–water partition coefficient (Wildman–Crippen LogP) is 5.72. The molecule has 0 saturated heterocycles. The van der Waals surface area contributed by atoms with E-state index in [1.165, 1.54) is 28.2 Å². The van der Waals surface area contributed by atoms with Gasteiger partial charge in [0.15, 0.2) is 0 Å². The third-order valence-electron chi connectivity index (χ3n) is 4.69. The number of hydrogen-bond donors (Lipinski definition) is 1. The van der Waals surface area contributed by atoms with Crippen molar-refractivity contribution < 1.29 is 9.90 Å². The van der Waals surface area contributed by atoms with E-state index in [2.05, 4.69) is 45.0 Å². The number of thioether (sulfide) groups is 1. The minimum atomic E-state index is -0.891. The number of hydrogen-bond acceptors (Lipinski definition) is 2. The second kappa shape index (κ2) is 6.48. The van der Waals surface area contributed by atoms with Crippen molar-refractivity contribution in [2.24, 2.45) is 0 Å². The zero-order chi connectivity index (χ0) is 17.3. The zero-order valence-electron chi connectivity index (χ0n) is 14.3. The van der Waals surface area contributed by atoms with Gasteiger partial charge >= 0.3 is 5.97 Å². The van der Waals surface area contributed by atoms with E-state index >= 15 is 0 Å². The molecule has 0 amide bonds. The Hall–Kier alpha value is -2.00. The number of aromatic carboxylic acids is 1. The fourth-order valence-corrected chi connectivity index (χ4v) is 4.54. The topological polar surface area (TPSA) is 37.3 Å². The molecule has 2 nitrogen and oxygen atoms in total. The Morgan fingerprint density at radius 3 is 2.46 bits per heavy atom. The van der Waals surface area contributed by atoms with Crippen molar-refractivity contribution in [3.63, 3.8) is 0 Å². The van der Waals surface area contributed by atoms with Gasteiger partial charge in [0.1, 0.15) is 0 Å². The molecule has 2 aromatic rings. The number of carboxylic acids is 1. The monoisotopic (exact) mass is 338 g/mol. The van der Waals surface area contributed by atoms with Crippen LogP contribution in [0.4, 0.5) is 0 Å². The molecule has 0 radical (unpaired) electrons. The van der Waals surface area contributed by atoms with Crippen LogP contribution in [0, 0.1) is 0 Å². The molecule has 124 valence electrons. The lowest BCUT2D eigenvalue weighted by Gasteiger charge is -2.32. The molecule has 0 aliphatic carbocycles. The zero-order valence-corrected chi connectivity index (χ0v) is 15.1. The maximum atomic E-state index is 11.0.